The van der Waals surface area contributed by atoms with Gasteiger partial charge in [0.1, 0.15) is 24.4 Å². The molecule has 0 radical (unpaired) electrons. The van der Waals surface area contributed by atoms with E-state index in [4.69, 9.17) is 9.47 Å². The number of amides is 6. The van der Waals surface area contributed by atoms with E-state index in [-0.39, 0.29) is 54.0 Å². The molecule has 9 rings (SSSR count). The fraction of sp³-hybridized carbons (Fsp3) is 0.478. The van der Waals surface area contributed by atoms with Crippen LogP contribution in [0, 0.1) is 0 Å². The van der Waals surface area contributed by atoms with Gasteiger partial charge in [-0.05, 0) is 123 Å². The van der Waals surface area contributed by atoms with Gasteiger partial charge >= 0.3 is 41.5 Å². The van der Waals surface area contributed by atoms with Gasteiger partial charge in [0.2, 0.25) is 11.8 Å². The van der Waals surface area contributed by atoms with Crippen LogP contribution in [0.1, 0.15) is 155 Å². The summed E-state index contributed by atoms with van der Waals surface area (Å²) in [6.07, 6.45) is -3.95. The third-order valence-corrected chi connectivity index (χ3v) is 18.3. The van der Waals surface area contributed by atoms with Crippen LogP contribution in [0.15, 0.2) is 116 Å². The van der Waals surface area contributed by atoms with Gasteiger partial charge in [-0.15, -0.1) is 10.2 Å². The number of nitrogens with zero attached hydrogens (tertiary/aromatic N) is 6. The maximum Gasteiger partial charge on any atom is 1.00 e. The molecule has 4 aromatic carbocycles. The van der Waals surface area contributed by atoms with Gasteiger partial charge in [0, 0.05) is 75.1 Å². The molecule has 0 spiro atoms. The number of carboxylic acids is 2. The summed E-state index contributed by atoms with van der Waals surface area (Å²) < 4.78 is 13.9. The van der Waals surface area contributed by atoms with Crippen molar-refractivity contribution in [3.8, 4) is 11.1 Å². The molecule has 31 heteroatoms. The van der Waals surface area contributed by atoms with E-state index in [0.29, 0.717) is 79.1 Å². The standard InChI is InChI=1S/C69H86N12O18.Na/c1-40(82)74-56-52(84)34-68(66(94)95,98-60(56)58(88)54(86)36-72-64(92)48-24-20-44(21-25-48)42-14-6-3-7-15-42)80-38-50(76-78-80)18-10-5-12-32-70-62(90)46-28-30-47(31-29-46)63(91)71-33-13-11-19-51-39-81(79-77-51)69(67(96)97)35-53(85)57(75-41(2)83)61(99-69)59(89)55(87)37-73-65(93)49-26-22-45(23-27-49)43-16-8-4-9-17-43;/h4,8-9,16-17,20-31,38-39,42,52-61,84-89H,3,5-7,10-15,18-19,32-37H2,1-2H3,(H,70,90)(H,71,91)(H,72,92)(H,73,93)(H,74,82)(H,75,83)(H,94,95)(H,96,97);/q;+1/t52-,53-,54+,55+,56+,57+,58?,59?,60+,61+,68+,69+;/m0./s1. The van der Waals surface area contributed by atoms with Gasteiger partial charge in [-0.1, -0.05) is 90.7 Å². The Morgan fingerprint density at radius 2 is 0.890 bits per heavy atom. The molecule has 14 N–H and O–H groups in total. The topological polar surface area (TPSA) is 450 Å². The second-order valence-electron chi connectivity index (χ2n) is 25.4. The number of hydrogen-bond acceptors (Lipinski definition) is 20. The summed E-state index contributed by atoms with van der Waals surface area (Å²) >= 11 is 0. The van der Waals surface area contributed by atoms with Crippen molar-refractivity contribution in [3.05, 3.63) is 155 Å². The largest absolute Gasteiger partial charge is 1.00 e. The molecule has 2 aromatic heterocycles. The number of nitrogens with one attached hydrogen (secondary N) is 6. The monoisotopic (exact) mass is 1390 g/mol. The van der Waals surface area contributed by atoms with Crippen molar-refractivity contribution in [2.45, 2.75) is 182 Å². The molecule has 1 aliphatic carbocycles. The SMILES string of the molecule is CC(=O)N[C@@H]1[C@@H](O)C[C@@](C(=O)O)(n2cc(CCCCCNC(=O)c3ccc(C(=O)NCCCCc4cn([C@]5(C(=O)O)C[C@H](O)[C@@H](NC(C)=O)[C@H](C(O)[C@H](O)CNC(=O)c6ccc(-c7ccccc7)cc6)O5)nn4)cc3)nn2)O[C@H]1C(O)[C@H](O)CNC(=O)c1ccc(C2CCCCC2)cc1.[Na+]. The van der Waals surface area contributed by atoms with Crippen LogP contribution in [0.4, 0.5) is 0 Å². The molecule has 1 saturated carbocycles. The molecule has 2 unspecified atom stereocenters. The minimum atomic E-state index is -2.47. The smallest absolute Gasteiger partial charge is 0.478 e. The first-order chi connectivity index (χ1) is 47.5. The molecule has 530 valence electrons. The number of unbranched alkanes of at least 4 members (excludes halogenated alkanes) is 3. The molecule has 0 bridgehead atoms. The van der Waals surface area contributed by atoms with Gasteiger partial charge in [-0.2, -0.15) is 0 Å². The van der Waals surface area contributed by atoms with Crippen molar-refractivity contribution in [1.82, 2.24) is 61.9 Å². The quantitative estimate of drug-likeness (QED) is 0.0175. The van der Waals surface area contributed by atoms with Crippen molar-refractivity contribution < 1.29 is 118 Å². The number of carbonyl (C=O) groups is 8. The summed E-state index contributed by atoms with van der Waals surface area (Å²) in [4.78, 5) is 103. The van der Waals surface area contributed by atoms with E-state index in [1.165, 1.54) is 43.1 Å². The Morgan fingerprint density at radius 3 is 1.31 bits per heavy atom. The number of ether oxygens (including phenoxy) is 2. The predicted octanol–water partition coefficient (Wildman–Crippen LogP) is -1.43. The maximum atomic E-state index is 13.1. The second-order valence-corrected chi connectivity index (χ2v) is 25.4. The molecule has 30 nitrogen and oxygen atoms in total. The number of carbonyl (C=O) groups excluding carboxylic acids is 6. The Bertz CT molecular complexity index is 3750. The van der Waals surface area contributed by atoms with Crippen LogP contribution >= 0.6 is 0 Å². The first kappa shape index (κ1) is 77.3. The molecule has 2 aliphatic heterocycles. The van der Waals surface area contributed by atoms with E-state index < -0.39 is 140 Å². The fourth-order valence-corrected chi connectivity index (χ4v) is 12.8. The molecular weight excluding hydrogens is 1310 g/mol. The number of aromatic nitrogens is 6. The molecular formula is C69H86N12NaO18+. The number of aryl methyl sites for hydroxylation is 2. The molecule has 2 saturated heterocycles. The number of aliphatic hydroxyl groups is 6. The van der Waals surface area contributed by atoms with Crippen molar-refractivity contribution in [1.29, 1.82) is 0 Å². The molecule has 100 heavy (non-hydrogen) atoms. The van der Waals surface area contributed by atoms with E-state index in [2.05, 4.69) is 52.5 Å². The first-order valence-electron chi connectivity index (χ1n) is 33.2. The third kappa shape index (κ3) is 19.4. The predicted molar refractivity (Wildman–Crippen MR) is 352 cm³/mol. The number of aliphatic hydroxyl groups excluding tert-OH is 6. The van der Waals surface area contributed by atoms with Crippen molar-refractivity contribution >= 4 is 47.4 Å². The Morgan fingerprint density at radius 1 is 0.510 bits per heavy atom. The van der Waals surface area contributed by atoms with E-state index in [1.54, 1.807) is 36.4 Å². The fourth-order valence-electron chi connectivity index (χ4n) is 12.8. The number of carboxylic acid groups (broad SMARTS) is 2. The number of benzene rings is 4. The molecule has 12 atom stereocenters. The second kappa shape index (κ2) is 35.8. The van der Waals surface area contributed by atoms with Crippen LogP contribution in [-0.2, 0) is 52.9 Å². The molecule has 4 heterocycles. The zero-order chi connectivity index (χ0) is 71.0. The number of aliphatic carboxylic acids is 2. The van der Waals surface area contributed by atoms with E-state index in [9.17, 15) is 79.2 Å². The molecule has 6 amide bonds. The molecule has 3 aliphatic rings. The number of rotatable bonds is 31. The van der Waals surface area contributed by atoms with Crippen LogP contribution in [0.2, 0.25) is 0 Å². The van der Waals surface area contributed by atoms with E-state index >= 15 is 0 Å². The summed E-state index contributed by atoms with van der Waals surface area (Å²) in [5, 5.41) is 121. The summed E-state index contributed by atoms with van der Waals surface area (Å²) in [7, 11) is 0. The van der Waals surface area contributed by atoms with E-state index in [0.717, 1.165) is 65.6 Å². The van der Waals surface area contributed by atoms with Gasteiger partial charge in [0.15, 0.2) is 0 Å². The summed E-state index contributed by atoms with van der Waals surface area (Å²) in [5.74, 6) is -5.96. The third-order valence-electron chi connectivity index (χ3n) is 18.3. The van der Waals surface area contributed by atoms with Crippen LogP contribution in [0.25, 0.3) is 11.1 Å². The summed E-state index contributed by atoms with van der Waals surface area (Å²) in [6, 6.07) is 26.6. The number of hydrogen-bond donors (Lipinski definition) is 14. The van der Waals surface area contributed by atoms with Crippen LogP contribution < -0.4 is 61.5 Å². The zero-order valence-electron chi connectivity index (χ0n) is 55.9. The minimum absolute atomic E-state index is 0. The Kier molecular flexibility index (Phi) is 27.7. The summed E-state index contributed by atoms with van der Waals surface area (Å²) in [6.45, 7) is 1.82. The van der Waals surface area contributed by atoms with Gasteiger partial charge in [0.05, 0.1) is 60.3 Å². The molecule has 3 fully saturated rings. The van der Waals surface area contributed by atoms with Crippen LogP contribution in [0.5, 0.6) is 0 Å². The minimum Gasteiger partial charge on any atom is -0.478 e. The van der Waals surface area contributed by atoms with E-state index in [1.807, 2.05) is 42.5 Å². The van der Waals surface area contributed by atoms with Crippen molar-refractivity contribution in [3.63, 3.8) is 0 Å². The van der Waals surface area contributed by atoms with Crippen LogP contribution in [0.3, 0.4) is 0 Å². The Balaban J connectivity index is 0.0000127. The maximum absolute atomic E-state index is 13.1. The van der Waals surface area contributed by atoms with Gasteiger partial charge in [-0.3, -0.25) is 28.8 Å². The average molecular weight is 1390 g/mol. The van der Waals surface area contributed by atoms with Crippen molar-refractivity contribution in [2.24, 2.45) is 0 Å². The first-order valence-corrected chi connectivity index (χ1v) is 33.2. The Hall–Kier alpha value is -8.40. The molecule has 6 aromatic rings. The summed E-state index contributed by atoms with van der Waals surface area (Å²) in [5.41, 5.74) is -0.0939. The normalized spacial score (nSPS) is 22.7. The van der Waals surface area contributed by atoms with Gasteiger partial charge in [-0.25, -0.2) is 19.0 Å². The van der Waals surface area contributed by atoms with Gasteiger partial charge < -0.3 is 82.2 Å². The van der Waals surface area contributed by atoms with Gasteiger partial charge in [0.25, 0.3) is 35.1 Å². The Labute approximate surface area is 598 Å². The van der Waals surface area contributed by atoms with Crippen molar-refractivity contribution in [2.75, 3.05) is 26.2 Å². The van der Waals surface area contributed by atoms with Crippen LogP contribution in [-0.4, -0.2) is 205 Å². The zero-order valence-corrected chi connectivity index (χ0v) is 57.9. The average Bonchev–Trinajstić information content (AvgIpc) is 1.28.